The van der Waals surface area contributed by atoms with Gasteiger partial charge in [0.15, 0.2) is 75.8 Å². The summed E-state index contributed by atoms with van der Waals surface area (Å²) in [6, 6.07) is 46.3. The number of para-hydroxylation sites is 1. The van der Waals surface area contributed by atoms with E-state index in [9.17, 15) is 44.8 Å². The highest BCUT2D eigenvalue weighted by atomic mass is 79.9. The fourth-order valence-corrected chi connectivity index (χ4v) is 9.89. The number of carbonyl (C=O) groups is 2. The highest BCUT2D eigenvalue weighted by Gasteiger charge is 2.25. The van der Waals surface area contributed by atoms with E-state index < -0.39 is 21.4 Å². The van der Waals surface area contributed by atoms with Crippen LogP contribution in [0.25, 0.3) is 44.5 Å². The molecule has 0 aliphatic rings. The van der Waals surface area contributed by atoms with Gasteiger partial charge in [0.1, 0.15) is 5.75 Å². The first-order valence-electron chi connectivity index (χ1n) is 26.7. The maximum absolute atomic E-state index is 14.5. The van der Waals surface area contributed by atoms with Gasteiger partial charge in [-0.1, -0.05) is 91.5 Å². The second-order valence-corrected chi connectivity index (χ2v) is 20.0. The van der Waals surface area contributed by atoms with Crippen molar-refractivity contribution in [2.24, 2.45) is 0 Å². The van der Waals surface area contributed by atoms with Crippen LogP contribution in [-0.4, -0.2) is 89.1 Å². The summed E-state index contributed by atoms with van der Waals surface area (Å²) >= 11 is 0. The Hall–Kier alpha value is -6.92. The molecule has 0 aliphatic heterocycles. The minimum atomic E-state index is -1.73. The summed E-state index contributed by atoms with van der Waals surface area (Å²) in [4.78, 5) is 26.8. The Bertz CT molecular complexity index is 3800. The molecule has 9 aromatic rings. The molecule has 0 bridgehead atoms. The molecule has 24 heteroatoms. The fraction of sp³-hybridized carbons (Fsp3) is 0.129. The molecule has 0 fully saturated rings. The molecule has 4 aromatic heterocycles. The van der Waals surface area contributed by atoms with Crippen molar-refractivity contribution < 1.29 is 136 Å². The van der Waals surface area contributed by atoms with Crippen molar-refractivity contribution in [2.75, 3.05) is 13.1 Å². The Morgan fingerprint density at radius 1 is 0.465 bits per heavy atom. The molecule has 9 rings (SSSR count). The Morgan fingerprint density at radius 2 is 0.826 bits per heavy atom. The number of carbonyl (C=O) groups excluding carboxylic acids is 2. The maximum Gasteiger partial charge on any atom is 0.569 e. The molecule has 9 N–H and O–H groups in total. The van der Waals surface area contributed by atoms with Crippen LogP contribution in [0.3, 0.4) is 0 Å². The van der Waals surface area contributed by atoms with Crippen molar-refractivity contribution >= 4 is 57.2 Å². The molecule has 4 heterocycles. The molecule has 0 atom stereocenters. The zero-order valence-electron chi connectivity index (χ0n) is 46.7. The topological polar surface area (TPSA) is 225 Å². The molecule has 439 valence electrons. The lowest BCUT2D eigenvalue weighted by atomic mass is 9.77. The van der Waals surface area contributed by atoms with Gasteiger partial charge in [-0.2, -0.15) is 9.13 Å². The molecule has 2 amide bonds. The number of pyridine rings is 4. The van der Waals surface area contributed by atoms with Crippen LogP contribution in [-0.2, 0) is 31.0 Å². The highest BCUT2D eigenvalue weighted by molar-refractivity contribution is 6.60. The number of benzene rings is 5. The Kier molecular flexibility index (Phi) is 27.0. The van der Waals surface area contributed by atoms with Gasteiger partial charge in [0.05, 0.1) is 27.8 Å². The van der Waals surface area contributed by atoms with E-state index >= 15 is 0 Å². The summed E-state index contributed by atoms with van der Waals surface area (Å²) in [5.41, 5.74) is 10.7. The van der Waals surface area contributed by atoms with Crippen molar-refractivity contribution in [3.05, 3.63) is 241 Å². The predicted molar refractivity (Wildman–Crippen MR) is 314 cm³/mol. The third-order valence-electron chi connectivity index (χ3n) is 14.0. The summed E-state index contributed by atoms with van der Waals surface area (Å²) in [5, 5.41) is 77.6. The van der Waals surface area contributed by atoms with Gasteiger partial charge in [0.2, 0.25) is 5.91 Å². The Labute approximate surface area is 543 Å². The van der Waals surface area contributed by atoms with Gasteiger partial charge < -0.3 is 118 Å². The number of aromatic nitrogens is 4. The zero-order chi connectivity index (χ0) is 57.7. The van der Waals surface area contributed by atoms with Crippen molar-refractivity contribution in [3.8, 4) is 50.3 Å². The van der Waals surface area contributed by atoms with Gasteiger partial charge in [-0.3, -0.25) is 9.59 Å². The lowest BCUT2D eigenvalue weighted by Crippen LogP contribution is -3.00. The second-order valence-electron chi connectivity index (χ2n) is 20.0. The zero-order valence-corrected chi connectivity index (χ0v) is 53.0. The lowest BCUT2D eigenvalue weighted by molar-refractivity contribution is -0.689. The van der Waals surface area contributed by atoms with Gasteiger partial charge in [0, 0.05) is 64.2 Å². The molecule has 86 heavy (non-hydrogen) atoms. The molecule has 16 nitrogen and oxygen atoms in total. The molecule has 5 aromatic carbocycles. The van der Waals surface area contributed by atoms with Crippen LogP contribution in [0, 0.1) is 0 Å². The van der Waals surface area contributed by atoms with Gasteiger partial charge in [0.25, 0.3) is 5.91 Å². The van der Waals surface area contributed by atoms with Crippen LogP contribution in [0.1, 0.15) is 46.0 Å². The smallest absolute Gasteiger partial charge is 0.569 e. The minimum Gasteiger partial charge on any atom is -1.00 e. The number of rotatable bonds is 23. The average molecular weight is 1410 g/mol. The summed E-state index contributed by atoms with van der Waals surface area (Å²) in [6.07, 6.45) is 16.1. The number of amides is 2. The van der Waals surface area contributed by atoms with Crippen LogP contribution in [0.15, 0.2) is 213 Å². The maximum atomic E-state index is 14.5. The summed E-state index contributed by atoms with van der Waals surface area (Å²) in [7, 11) is -4.45. The van der Waals surface area contributed by atoms with E-state index in [0.29, 0.717) is 94.8 Å². The second kappa shape index (κ2) is 33.3. The van der Waals surface area contributed by atoms with Gasteiger partial charge in [-0.25, -0.2) is 9.13 Å². The number of nitrogens with one attached hydrogen (secondary N) is 2. The molecule has 0 aliphatic carbocycles. The largest absolute Gasteiger partial charge is 1.00 e. The van der Waals surface area contributed by atoms with E-state index in [2.05, 4.69) is 17.2 Å². The lowest BCUT2D eigenvalue weighted by Gasteiger charge is -2.13. The first-order chi connectivity index (χ1) is 39.7. The van der Waals surface area contributed by atoms with E-state index in [-0.39, 0.29) is 99.4 Å². The van der Waals surface area contributed by atoms with Crippen molar-refractivity contribution in [2.45, 2.75) is 39.5 Å². The molecule has 0 unspecified atom stereocenters. The minimum absolute atomic E-state index is 0. The molecular formula is C62H61B4Br4N6O10. The van der Waals surface area contributed by atoms with Gasteiger partial charge >= 0.3 is 29.0 Å². The Balaban J connectivity index is 0.00000337. The van der Waals surface area contributed by atoms with Crippen LogP contribution in [0.5, 0.6) is 5.75 Å². The van der Waals surface area contributed by atoms with Crippen molar-refractivity contribution in [3.63, 3.8) is 0 Å². The quantitative estimate of drug-likeness (QED) is 0.0127. The average Bonchev–Trinajstić information content (AvgIpc) is 3.20. The molecule has 1 radical (unpaired) electrons. The monoisotopic (exact) mass is 1410 g/mol. The number of nitrogens with zero attached hydrogens (tertiary/aromatic N) is 4. The third-order valence-corrected chi connectivity index (χ3v) is 14.0. The number of halogens is 4. The van der Waals surface area contributed by atoms with Crippen LogP contribution in [0.4, 0.5) is 0 Å². The van der Waals surface area contributed by atoms with Crippen LogP contribution >= 0.6 is 0 Å². The highest BCUT2D eigenvalue weighted by Crippen LogP contribution is 2.32. The molecule has 0 spiro atoms. The third kappa shape index (κ3) is 18.3. The Morgan fingerprint density at radius 3 is 1.26 bits per heavy atom. The standard InChI is InChI=1S/C62H59B4N6O10.4BrH/c1-43(2)61(73)67-24-13-25-68-62(74)52-29-50(55-31-53(39-71(41-55)36-47-15-4-8-21-58(47)65(78)79)44-18-11-26-69(33-44)35-46-14-3-7-20-57(46)64(76)77)28-51(30-52)56-32-54(40-72(42-56)37-48-16-5-9-22-59(48)66(80)81)45-19-12-27-70(34-45)38-49-17-6-10-23-60(49)82-63-75;;;;/h3-12,14-23,26-34,39-42,75-81H,1,13,24-25,35-38H2,2H3;4*1H/q+2;;;;/p-2. The van der Waals surface area contributed by atoms with Gasteiger partial charge in [-0.15, -0.1) is 0 Å². The fourth-order valence-electron chi connectivity index (χ4n) is 9.89. The van der Waals surface area contributed by atoms with Crippen LogP contribution in [0.2, 0.25) is 0 Å². The summed E-state index contributed by atoms with van der Waals surface area (Å²) in [6.45, 7) is 7.14. The van der Waals surface area contributed by atoms with E-state index in [0.717, 1.165) is 38.9 Å². The van der Waals surface area contributed by atoms with E-state index in [4.69, 9.17) is 4.65 Å². The predicted octanol–water partition coefficient (Wildman–Crippen LogP) is -10.5. The number of hydrogen-bond acceptors (Lipinski definition) is 10. The normalized spacial score (nSPS) is 10.4. The summed E-state index contributed by atoms with van der Waals surface area (Å²) in [5.74, 6) is -0.126. The SMILES string of the molecule is C=C(C)C(=O)NCCCNC(=O)c1cc(-c2cc(-c3ccc[n+](Cc4ccccc4O[B]O)c3)c[n+](Cc3ccccc3B(O)O)c2)cc(-c2cc(-c3ccc[n+](Cc4ccccc4B(O)O)c3)c[n+](Cc3ccccc3B(O)O)c2)c1.[Br-].[Br-].[Br-].[Br-]. The van der Waals surface area contributed by atoms with E-state index in [1.165, 1.54) is 0 Å². The molecular weight excluding hydrogens is 1350 g/mol. The van der Waals surface area contributed by atoms with E-state index in [1.54, 1.807) is 49.4 Å². The molecule has 0 saturated carbocycles. The summed E-state index contributed by atoms with van der Waals surface area (Å²) < 4.78 is 13.3. The number of hydrogen-bond donors (Lipinski definition) is 9. The van der Waals surface area contributed by atoms with Crippen molar-refractivity contribution in [1.82, 2.24) is 10.6 Å². The van der Waals surface area contributed by atoms with Crippen LogP contribution < -0.4 is 118 Å². The first kappa shape index (κ1) is 69.8. The van der Waals surface area contributed by atoms with Crippen molar-refractivity contribution in [1.29, 1.82) is 0 Å². The van der Waals surface area contributed by atoms with E-state index in [1.807, 2.05) is 177 Å². The van der Waals surface area contributed by atoms with Gasteiger partial charge in [-0.05, 0) is 95.5 Å². The first-order valence-corrected chi connectivity index (χ1v) is 26.7. The molecule has 0 saturated heterocycles.